The molecule has 0 atom stereocenters. The van der Waals surface area contributed by atoms with Gasteiger partial charge in [0, 0.05) is 57.7 Å². The van der Waals surface area contributed by atoms with E-state index in [2.05, 4.69) is 22.0 Å². The Morgan fingerprint density at radius 1 is 1.16 bits per heavy atom. The van der Waals surface area contributed by atoms with Crippen molar-refractivity contribution < 1.29 is 17.7 Å². The molecular weight excluding hydrogens is 454 g/mol. The lowest BCUT2D eigenvalue weighted by atomic mass is 9.96. The summed E-state index contributed by atoms with van der Waals surface area (Å²) in [4.78, 5) is 21.3. The topological polar surface area (TPSA) is 99.8 Å². The highest BCUT2D eigenvalue weighted by molar-refractivity contribution is 7.89. The second-order valence-electron chi connectivity index (χ2n) is 8.22. The summed E-state index contributed by atoms with van der Waals surface area (Å²) in [6.07, 6.45) is 1.01. The van der Waals surface area contributed by atoms with Crippen molar-refractivity contribution in [3.8, 4) is 11.4 Å². The number of piperazine rings is 1. The zero-order valence-corrected chi connectivity index (χ0v) is 19.9. The molecule has 0 N–H and O–H groups in total. The fourth-order valence-electron chi connectivity index (χ4n) is 4.28. The third kappa shape index (κ3) is 4.68. The molecule has 2 aromatic rings. The van der Waals surface area contributed by atoms with E-state index in [1.807, 2.05) is 4.90 Å². The van der Waals surface area contributed by atoms with Gasteiger partial charge in [-0.05, 0) is 37.6 Å². The maximum atomic E-state index is 13.3. The first kappa shape index (κ1) is 23.2. The predicted molar refractivity (Wildman–Crippen MR) is 120 cm³/mol. The Kier molecular flexibility index (Phi) is 6.85. The van der Waals surface area contributed by atoms with E-state index < -0.39 is 10.0 Å². The van der Waals surface area contributed by atoms with E-state index in [9.17, 15) is 13.2 Å². The number of benzene rings is 1. The van der Waals surface area contributed by atoms with Gasteiger partial charge < -0.3 is 14.3 Å². The second-order valence-corrected chi connectivity index (χ2v) is 10.5. The van der Waals surface area contributed by atoms with Crippen molar-refractivity contribution in [2.45, 2.75) is 31.6 Å². The largest absolute Gasteiger partial charge is 0.340 e. The van der Waals surface area contributed by atoms with Gasteiger partial charge in [-0.2, -0.15) is 9.29 Å². The Bertz CT molecular complexity index is 1070. The van der Waals surface area contributed by atoms with Crippen molar-refractivity contribution in [2.75, 3.05) is 45.8 Å². The van der Waals surface area contributed by atoms with Gasteiger partial charge in [-0.15, -0.1) is 0 Å². The van der Waals surface area contributed by atoms with Gasteiger partial charge in [-0.3, -0.25) is 4.79 Å². The average molecular weight is 482 g/mol. The van der Waals surface area contributed by atoms with Gasteiger partial charge in [-0.1, -0.05) is 23.7 Å². The Balaban J connectivity index is 1.44. The molecule has 2 aliphatic rings. The van der Waals surface area contributed by atoms with Crippen LogP contribution in [0.1, 0.15) is 25.7 Å². The van der Waals surface area contributed by atoms with Crippen molar-refractivity contribution in [1.29, 1.82) is 0 Å². The van der Waals surface area contributed by atoms with Crippen LogP contribution >= 0.6 is 11.6 Å². The Hall–Kier alpha value is -2.01. The number of aryl methyl sites for hydroxylation is 1. The smallest absolute Gasteiger partial charge is 0.244 e. The van der Waals surface area contributed by atoms with Gasteiger partial charge in [0.25, 0.3) is 0 Å². The monoisotopic (exact) mass is 481 g/mol. The first-order valence-electron chi connectivity index (χ1n) is 10.9. The van der Waals surface area contributed by atoms with Crippen molar-refractivity contribution >= 4 is 27.5 Å². The molecule has 4 rings (SSSR count). The molecule has 0 spiro atoms. The quantitative estimate of drug-likeness (QED) is 0.645. The van der Waals surface area contributed by atoms with Gasteiger partial charge >= 0.3 is 0 Å². The third-order valence-electron chi connectivity index (χ3n) is 6.27. The van der Waals surface area contributed by atoms with Gasteiger partial charge in [0.15, 0.2) is 0 Å². The molecule has 1 aromatic carbocycles. The number of rotatable bonds is 5. The molecule has 9 nitrogen and oxygen atoms in total. The summed E-state index contributed by atoms with van der Waals surface area (Å²) in [5, 5.41) is 3.99. The number of aromatic nitrogens is 2. The molecular formula is C21H28ClN5O4S. The lowest BCUT2D eigenvalue weighted by molar-refractivity contribution is -0.138. The number of carbonyl (C=O) groups is 1. The first-order chi connectivity index (χ1) is 15.3. The number of sulfonamides is 1. The number of carbonyl (C=O) groups excluding carboxylic acids is 1. The van der Waals surface area contributed by atoms with Gasteiger partial charge in [0.1, 0.15) is 4.90 Å². The zero-order chi connectivity index (χ0) is 22.9. The molecule has 0 radical (unpaired) electrons. The molecule has 0 bridgehead atoms. The van der Waals surface area contributed by atoms with E-state index in [0.717, 1.165) is 32.7 Å². The van der Waals surface area contributed by atoms with Crippen LogP contribution in [0.15, 0.2) is 27.6 Å². The highest BCUT2D eigenvalue weighted by Crippen LogP contribution is 2.32. The van der Waals surface area contributed by atoms with Gasteiger partial charge in [0.05, 0.1) is 5.02 Å². The lowest BCUT2D eigenvalue weighted by Gasteiger charge is -2.38. The van der Waals surface area contributed by atoms with E-state index in [4.69, 9.17) is 16.1 Å². The van der Waals surface area contributed by atoms with Crippen molar-refractivity contribution in [3.05, 3.63) is 29.1 Å². The van der Waals surface area contributed by atoms with Gasteiger partial charge in [-0.25, -0.2) is 8.42 Å². The van der Waals surface area contributed by atoms with Crippen molar-refractivity contribution in [3.63, 3.8) is 0 Å². The number of likely N-dealkylation sites (N-methyl/N-ethyl adjacent to an activating group) is 1. The van der Waals surface area contributed by atoms with Crippen LogP contribution in [0.2, 0.25) is 5.02 Å². The normalized spacial score (nSPS) is 19.4. The van der Waals surface area contributed by atoms with Gasteiger partial charge in [0.2, 0.25) is 27.6 Å². The highest BCUT2D eigenvalue weighted by atomic mass is 35.5. The molecule has 0 aliphatic carbocycles. The van der Waals surface area contributed by atoms with Crippen LogP contribution in [0.25, 0.3) is 11.4 Å². The molecule has 1 aromatic heterocycles. The maximum Gasteiger partial charge on any atom is 0.244 e. The van der Waals surface area contributed by atoms with E-state index in [0.29, 0.717) is 30.1 Å². The number of halogens is 1. The number of amides is 1. The lowest BCUT2D eigenvalue weighted by Crippen LogP contribution is -2.51. The van der Waals surface area contributed by atoms with Crippen LogP contribution in [0.4, 0.5) is 0 Å². The van der Waals surface area contributed by atoms with Crippen LogP contribution in [0.3, 0.4) is 0 Å². The maximum absolute atomic E-state index is 13.3. The Labute approximate surface area is 193 Å². The SMILES string of the molecule is CCN1CCN(C(=O)C2CCN(S(=O)(=O)c3cc(-c4noc(C)n4)ccc3Cl)CC2)CC1. The van der Waals surface area contributed by atoms with E-state index in [-0.39, 0.29) is 34.8 Å². The summed E-state index contributed by atoms with van der Waals surface area (Å²) in [5.41, 5.74) is 0.515. The van der Waals surface area contributed by atoms with E-state index >= 15 is 0 Å². The van der Waals surface area contributed by atoms with Crippen LogP contribution in [0, 0.1) is 12.8 Å². The first-order valence-corrected chi connectivity index (χ1v) is 12.7. The Morgan fingerprint density at radius 3 is 2.44 bits per heavy atom. The fourth-order valence-corrected chi connectivity index (χ4v) is 6.25. The molecule has 11 heteroatoms. The van der Waals surface area contributed by atoms with E-state index in [1.165, 1.54) is 16.4 Å². The van der Waals surface area contributed by atoms with Crippen LogP contribution < -0.4 is 0 Å². The number of hydrogen-bond donors (Lipinski definition) is 0. The molecule has 1 amide bonds. The minimum absolute atomic E-state index is 0.0135. The third-order valence-corrected chi connectivity index (χ3v) is 8.65. The zero-order valence-electron chi connectivity index (χ0n) is 18.3. The molecule has 2 saturated heterocycles. The Morgan fingerprint density at radius 2 is 1.84 bits per heavy atom. The van der Waals surface area contributed by atoms with E-state index in [1.54, 1.807) is 13.0 Å². The molecule has 32 heavy (non-hydrogen) atoms. The summed E-state index contributed by atoms with van der Waals surface area (Å²) < 4.78 is 33.1. The minimum atomic E-state index is -3.82. The molecule has 0 unspecified atom stereocenters. The van der Waals surface area contributed by atoms with Crippen LogP contribution in [0.5, 0.6) is 0 Å². The van der Waals surface area contributed by atoms with Crippen LogP contribution in [-0.2, 0) is 14.8 Å². The molecule has 2 aliphatic heterocycles. The highest BCUT2D eigenvalue weighted by Gasteiger charge is 2.35. The minimum Gasteiger partial charge on any atom is -0.340 e. The number of hydrogen-bond acceptors (Lipinski definition) is 7. The fraction of sp³-hybridized carbons (Fsp3) is 0.571. The summed E-state index contributed by atoms with van der Waals surface area (Å²) in [6.45, 7) is 8.62. The number of piperidine rings is 1. The second kappa shape index (κ2) is 9.46. The molecule has 2 fully saturated rings. The van der Waals surface area contributed by atoms with Crippen molar-refractivity contribution in [1.82, 2.24) is 24.2 Å². The molecule has 174 valence electrons. The summed E-state index contributed by atoms with van der Waals surface area (Å²) in [6, 6.07) is 4.67. The summed E-state index contributed by atoms with van der Waals surface area (Å²) in [7, 11) is -3.82. The average Bonchev–Trinajstić information content (AvgIpc) is 3.25. The summed E-state index contributed by atoms with van der Waals surface area (Å²) >= 11 is 6.26. The summed E-state index contributed by atoms with van der Waals surface area (Å²) in [5.74, 6) is 0.703. The van der Waals surface area contributed by atoms with Crippen LogP contribution in [-0.4, -0.2) is 84.4 Å². The standard InChI is InChI=1S/C21H28ClN5O4S/c1-3-25-10-12-26(13-11-25)21(28)16-6-8-27(9-7-16)32(29,30)19-14-17(4-5-18(19)22)20-23-15(2)31-24-20/h4-5,14,16H,3,6-13H2,1-2H3. The number of nitrogens with zero attached hydrogens (tertiary/aromatic N) is 5. The molecule has 3 heterocycles. The molecule has 0 saturated carbocycles. The van der Waals surface area contributed by atoms with Crippen molar-refractivity contribution in [2.24, 2.45) is 5.92 Å². The predicted octanol–water partition coefficient (Wildman–Crippen LogP) is 2.26.